The number of benzene rings is 1. The first-order valence-corrected chi connectivity index (χ1v) is 7.29. The van der Waals surface area contributed by atoms with Gasteiger partial charge in [0.05, 0.1) is 10.2 Å². The van der Waals surface area contributed by atoms with Gasteiger partial charge in [-0.3, -0.25) is 9.89 Å². The van der Waals surface area contributed by atoms with Gasteiger partial charge >= 0.3 is 0 Å². The first-order chi connectivity index (χ1) is 9.69. The molecule has 5 nitrogen and oxygen atoms in total. The Morgan fingerprint density at radius 3 is 3.05 bits per heavy atom. The molecule has 20 heavy (non-hydrogen) atoms. The van der Waals surface area contributed by atoms with Crippen LogP contribution in [-0.4, -0.2) is 23.2 Å². The number of fused-ring (bicyclic) bond motifs is 1. The highest BCUT2D eigenvalue weighted by Gasteiger charge is 2.17. The summed E-state index contributed by atoms with van der Waals surface area (Å²) in [4.78, 5) is 11.4. The second-order valence-electron chi connectivity index (χ2n) is 4.82. The van der Waals surface area contributed by atoms with E-state index >= 15 is 0 Å². The van der Waals surface area contributed by atoms with E-state index in [0.29, 0.717) is 6.42 Å². The number of carbonyl (C=O) groups excluding carboxylic acids is 1. The van der Waals surface area contributed by atoms with E-state index in [1.54, 1.807) is 0 Å². The minimum absolute atomic E-state index is 0.0857. The molecule has 1 aliphatic heterocycles. The van der Waals surface area contributed by atoms with Crippen LogP contribution in [0.15, 0.2) is 22.7 Å². The average Bonchev–Trinajstić information content (AvgIpc) is 2.80. The molecule has 0 unspecified atom stereocenters. The molecule has 3 N–H and O–H groups in total. The number of amides is 1. The molecule has 2 heterocycles. The quantitative estimate of drug-likeness (QED) is 0.807. The van der Waals surface area contributed by atoms with Crippen LogP contribution in [0.5, 0.6) is 0 Å². The molecule has 0 bridgehead atoms. The Bertz CT molecular complexity index is 665. The molecule has 104 valence electrons. The number of nitrogens with one attached hydrogen (secondary N) is 3. The van der Waals surface area contributed by atoms with Gasteiger partial charge in [0.2, 0.25) is 5.91 Å². The van der Waals surface area contributed by atoms with Crippen LogP contribution >= 0.6 is 15.9 Å². The average molecular weight is 335 g/mol. The number of halogens is 1. The largest absolute Gasteiger partial charge is 0.326 e. The summed E-state index contributed by atoms with van der Waals surface area (Å²) in [7, 11) is 1.90. The van der Waals surface area contributed by atoms with E-state index in [0.717, 1.165) is 45.6 Å². The van der Waals surface area contributed by atoms with Gasteiger partial charge in [-0.2, -0.15) is 5.10 Å². The molecule has 0 aliphatic carbocycles. The number of aromatic nitrogens is 2. The molecule has 0 atom stereocenters. The number of nitrogens with zero attached hydrogens (tertiary/aromatic N) is 1. The summed E-state index contributed by atoms with van der Waals surface area (Å²) in [6, 6.07) is 6.02. The predicted octanol–water partition coefficient (Wildman–Crippen LogP) is 2.44. The number of rotatable bonds is 3. The fraction of sp³-hybridized carbons (Fsp3) is 0.286. The van der Waals surface area contributed by atoms with Gasteiger partial charge in [-0.15, -0.1) is 0 Å². The standard InChI is InChI=1S/C14H15BrN4O/c1-16-7-11-13(15)14(19-18-11)9-2-4-10-8(6-9)3-5-12(20)17-10/h2,4,6,16H,3,5,7H2,1H3,(H,17,20)(H,18,19). The normalized spacial score (nSPS) is 14.0. The van der Waals surface area contributed by atoms with Crippen molar-refractivity contribution in [3.05, 3.63) is 33.9 Å². The van der Waals surface area contributed by atoms with Gasteiger partial charge < -0.3 is 10.6 Å². The zero-order valence-corrected chi connectivity index (χ0v) is 12.7. The molecule has 1 amide bonds. The second kappa shape index (κ2) is 5.38. The molecule has 1 aromatic carbocycles. The van der Waals surface area contributed by atoms with E-state index in [1.165, 1.54) is 0 Å². The maximum atomic E-state index is 11.4. The number of aryl methyl sites for hydroxylation is 1. The van der Waals surface area contributed by atoms with Crippen molar-refractivity contribution in [1.82, 2.24) is 15.5 Å². The molecule has 3 rings (SSSR count). The van der Waals surface area contributed by atoms with Crippen molar-refractivity contribution >= 4 is 27.5 Å². The Labute approximate surface area is 125 Å². The van der Waals surface area contributed by atoms with E-state index in [1.807, 2.05) is 19.2 Å². The third-order valence-electron chi connectivity index (χ3n) is 3.40. The summed E-state index contributed by atoms with van der Waals surface area (Å²) in [6.07, 6.45) is 1.32. The summed E-state index contributed by atoms with van der Waals surface area (Å²) in [5.74, 6) is 0.0857. The number of hydrogen-bond acceptors (Lipinski definition) is 3. The van der Waals surface area contributed by atoms with Crippen molar-refractivity contribution in [2.75, 3.05) is 12.4 Å². The zero-order chi connectivity index (χ0) is 14.1. The Morgan fingerprint density at radius 2 is 2.25 bits per heavy atom. The SMILES string of the molecule is CNCc1[nH]nc(-c2ccc3c(c2)CCC(=O)N3)c1Br. The van der Waals surface area contributed by atoms with Crippen LogP contribution in [0.25, 0.3) is 11.3 Å². The van der Waals surface area contributed by atoms with Crippen molar-refractivity contribution in [2.45, 2.75) is 19.4 Å². The van der Waals surface area contributed by atoms with Gasteiger partial charge in [0.15, 0.2) is 0 Å². The predicted molar refractivity (Wildman–Crippen MR) is 81.4 cm³/mol. The van der Waals surface area contributed by atoms with Crippen LogP contribution in [0, 0.1) is 0 Å². The summed E-state index contributed by atoms with van der Waals surface area (Å²) >= 11 is 3.59. The third kappa shape index (κ3) is 2.36. The van der Waals surface area contributed by atoms with Crippen LogP contribution in [0.2, 0.25) is 0 Å². The van der Waals surface area contributed by atoms with Crippen LogP contribution in [0.4, 0.5) is 5.69 Å². The molecule has 0 fully saturated rings. The molecular formula is C14H15BrN4O. The number of carbonyl (C=O) groups is 1. The lowest BCUT2D eigenvalue weighted by Gasteiger charge is -2.17. The summed E-state index contributed by atoms with van der Waals surface area (Å²) < 4.78 is 0.978. The molecular weight excluding hydrogens is 320 g/mol. The first kappa shape index (κ1) is 13.3. The second-order valence-corrected chi connectivity index (χ2v) is 5.61. The Kier molecular flexibility index (Phi) is 3.58. The molecule has 0 saturated heterocycles. The van der Waals surface area contributed by atoms with E-state index in [-0.39, 0.29) is 5.91 Å². The van der Waals surface area contributed by atoms with E-state index in [2.05, 4.69) is 42.8 Å². The lowest BCUT2D eigenvalue weighted by atomic mass is 9.99. The number of anilines is 1. The highest BCUT2D eigenvalue weighted by atomic mass is 79.9. The third-order valence-corrected chi connectivity index (χ3v) is 4.26. The fourth-order valence-electron chi connectivity index (χ4n) is 2.38. The monoisotopic (exact) mass is 334 g/mol. The molecule has 0 radical (unpaired) electrons. The van der Waals surface area contributed by atoms with Gasteiger partial charge in [-0.25, -0.2) is 0 Å². The molecule has 6 heteroatoms. The van der Waals surface area contributed by atoms with Crippen molar-refractivity contribution in [2.24, 2.45) is 0 Å². The van der Waals surface area contributed by atoms with Crippen LogP contribution in [-0.2, 0) is 17.8 Å². The topological polar surface area (TPSA) is 69.8 Å². The number of hydrogen-bond donors (Lipinski definition) is 3. The lowest BCUT2D eigenvalue weighted by molar-refractivity contribution is -0.116. The Balaban J connectivity index is 1.97. The van der Waals surface area contributed by atoms with Crippen molar-refractivity contribution < 1.29 is 4.79 Å². The molecule has 0 spiro atoms. The Morgan fingerprint density at radius 1 is 1.40 bits per heavy atom. The van der Waals surface area contributed by atoms with Crippen LogP contribution in [0.1, 0.15) is 17.7 Å². The minimum Gasteiger partial charge on any atom is -0.326 e. The smallest absolute Gasteiger partial charge is 0.224 e. The minimum atomic E-state index is 0.0857. The van der Waals surface area contributed by atoms with E-state index in [9.17, 15) is 4.79 Å². The van der Waals surface area contributed by atoms with Gasteiger partial charge in [0.25, 0.3) is 0 Å². The maximum absolute atomic E-state index is 11.4. The first-order valence-electron chi connectivity index (χ1n) is 6.49. The molecule has 0 saturated carbocycles. The molecule has 1 aliphatic rings. The van der Waals surface area contributed by atoms with Crippen LogP contribution < -0.4 is 10.6 Å². The van der Waals surface area contributed by atoms with Crippen molar-refractivity contribution in [3.8, 4) is 11.3 Å². The highest BCUT2D eigenvalue weighted by molar-refractivity contribution is 9.10. The summed E-state index contributed by atoms with van der Waals surface area (Å²) in [5, 5.41) is 13.4. The lowest BCUT2D eigenvalue weighted by Crippen LogP contribution is -2.18. The Hall–Kier alpha value is -1.66. The van der Waals surface area contributed by atoms with E-state index in [4.69, 9.17) is 0 Å². The van der Waals surface area contributed by atoms with Gasteiger partial charge in [0.1, 0.15) is 5.69 Å². The van der Waals surface area contributed by atoms with E-state index < -0.39 is 0 Å². The van der Waals surface area contributed by atoms with Gasteiger partial charge in [-0.1, -0.05) is 6.07 Å². The van der Waals surface area contributed by atoms with Crippen LogP contribution in [0.3, 0.4) is 0 Å². The summed E-state index contributed by atoms with van der Waals surface area (Å²) in [6.45, 7) is 0.731. The summed E-state index contributed by atoms with van der Waals surface area (Å²) in [5.41, 5.74) is 5.04. The number of aromatic amines is 1. The molecule has 2 aromatic rings. The fourth-order valence-corrected chi connectivity index (χ4v) is 2.93. The van der Waals surface area contributed by atoms with Crippen molar-refractivity contribution in [3.63, 3.8) is 0 Å². The van der Waals surface area contributed by atoms with Gasteiger partial charge in [0, 0.05) is 24.2 Å². The molecule has 1 aromatic heterocycles. The number of H-pyrrole nitrogens is 1. The van der Waals surface area contributed by atoms with Crippen molar-refractivity contribution in [1.29, 1.82) is 0 Å². The zero-order valence-electron chi connectivity index (χ0n) is 11.1. The highest BCUT2D eigenvalue weighted by Crippen LogP contribution is 2.32. The maximum Gasteiger partial charge on any atom is 0.224 e. The van der Waals surface area contributed by atoms with Gasteiger partial charge in [-0.05, 0) is 47.1 Å².